The summed E-state index contributed by atoms with van der Waals surface area (Å²) in [5, 5.41) is 2.36. The average Bonchev–Trinajstić information content (AvgIpc) is 3.80. The number of ether oxygens (including phenoxy) is 1. The van der Waals surface area contributed by atoms with Crippen LogP contribution in [0.3, 0.4) is 0 Å². The number of aromatic nitrogens is 2. The van der Waals surface area contributed by atoms with Crippen LogP contribution in [0, 0.1) is 6.92 Å². The molecule has 0 saturated heterocycles. The smallest absolute Gasteiger partial charge is 0.145 e. The Bertz CT molecular complexity index is 2520. The summed E-state index contributed by atoms with van der Waals surface area (Å²) in [5.74, 6) is 2.95. The monoisotopic (exact) mass is 680 g/mol. The van der Waals surface area contributed by atoms with E-state index in [1.165, 1.54) is 33.2 Å². The molecule has 0 spiro atoms. The molecule has 0 bridgehead atoms. The van der Waals surface area contributed by atoms with Crippen molar-refractivity contribution in [2.75, 3.05) is 0 Å². The molecule has 0 fully saturated rings. The third-order valence-electron chi connectivity index (χ3n) is 10.8. The van der Waals surface area contributed by atoms with E-state index in [0.717, 1.165) is 57.2 Å². The second-order valence-corrected chi connectivity index (χ2v) is 15.8. The molecule has 5 heteroatoms. The molecule has 4 heterocycles. The van der Waals surface area contributed by atoms with Gasteiger partial charge in [0.2, 0.25) is 0 Å². The van der Waals surface area contributed by atoms with Gasteiger partial charge in [-0.3, -0.25) is 9.56 Å². The van der Waals surface area contributed by atoms with Crippen molar-refractivity contribution >= 4 is 27.8 Å². The number of hydrogen-bond donors (Lipinski definition) is 0. The zero-order chi connectivity index (χ0) is 35.7. The molecule has 0 unspecified atom stereocenters. The summed E-state index contributed by atoms with van der Waals surface area (Å²) in [6.07, 6.45) is 1.88. The van der Waals surface area contributed by atoms with Gasteiger partial charge in [0.1, 0.15) is 29.0 Å². The molecule has 52 heavy (non-hydrogen) atoms. The number of nitrogens with zero attached hydrogens (tertiary/aromatic N) is 4. The molecule has 258 valence electrons. The molecule has 2 aliphatic heterocycles. The van der Waals surface area contributed by atoms with Crippen molar-refractivity contribution in [2.45, 2.75) is 71.5 Å². The second-order valence-electron chi connectivity index (χ2n) is 15.8. The van der Waals surface area contributed by atoms with Gasteiger partial charge in [0.05, 0.1) is 17.2 Å². The molecule has 0 amide bonds. The van der Waals surface area contributed by atoms with Gasteiger partial charge in [-0.1, -0.05) is 95.3 Å². The number of aryl methyl sites for hydroxylation is 1. The summed E-state index contributed by atoms with van der Waals surface area (Å²) in [4.78, 5) is 12.9. The first-order valence-electron chi connectivity index (χ1n) is 18.4. The molecule has 0 N–H and O–H groups in total. The molecule has 0 aliphatic carbocycles. The van der Waals surface area contributed by atoms with Crippen molar-refractivity contribution in [3.8, 4) is 17.2 Å². The number of amidine groups is 1. The lowest BCUT2D eigenvalue weighted by molar-refractivity contribution is 0.341. The Hall–Kier alpha value is -5.68. The van der Waals surface area contributed by atoms with E-state index in [2.05, 4.69) is 166 Å². The normalized spacial score (nSPS) is 16.8. The Balaban J connectivity index is 1.13. The fourth-order valence-corrected chi connectivity index (χ4v) is 8.16. The van der Waals surface area contributed by atoms with Crippen LogP contribution in [0.5, 0.6) is 11.5 Å². The molecule has 5 nitrogen and oxygen atoms in total. The highest BCUT2D eigenvalue weighted by Crippen LogP contribution is 2.49. The van der Waals surface area contributed by atoms with E-state index < -0.39 is 0 Å². The van der Waals surface area contributed by atoms with E-state index >= 15 is 0 Å². The zero-order valence-electron chi connectivity index (χ0n) is 30.8. The van der Waals surface area contributed by atoms with Gasteiger partial charge in [0.25, 0.3) is 0 Å². The van der Waals surface area contributed by atoms with Crippen LogP contribution in [-0.2, 0) is 12.0 Å². The van der Waals surface area contributed by atoms with E-state index in [9.17, 15) is 0 Å². The predicted molar refractivity (Wildman–Crippen MR) is 213 cm³/mol. The summed E-state index contributed by atoms with van der Waals surface area (Å²) >= 11 is 0. The van der Waals surface area contributed by atoms with Crippen LogP contribution >= 0.6 is 0 Å². The van der Waals surface area contributed by atoms with E-state index in [0.29, 0.717) is 5.92 Å². The number of aliphatic imine (C=N–C) groups is 1. The number of hydrogen-bond acceptors (Lipinski definition) is 4. The number of pyridine rings is 1. The molecule has 5 aromatic carbocycles. The maximum Gasteiger partial charge on any atom is 0.145 e. The van der Waals surface area contributed by atoms with E-state index in [4.69, 9.17) is 14.7 Å². The van der Waals surface area contributed by atoms with Crippen molar-refractivity contribution in [2.24, 2.45) is 4.99 Å². The third-order valence-corrected chi connectivity index (χ3v) is 10.8. The van der Waals surface area contributed by atoms with Crippen LogP contribution in [-0.4, -0.2) is 20.3 Å². The fraction of sp³-hybridized carbons (Fsp3) is 0.234. The molecular formula is C47H44N4O. The fourth-order valence-electron chi connectivity index (χ4n) is 8.16. The lowest BCUT2D eigenvalue weighted by Crippen LogP contribution is -2.26. The molecular weight excluding hydrogens is 637 g/mol. The van der Waals surface area contributed by atoms with Crippen LogP contribution in [0.2, 0.25) is 0 Å². The first kappa shape index (κ1) is 32.2. The second kappa shape index (κ2) is 12.2. The maximum absolute atomic E-state index is 6.85. The number of rotatable bonds is 6. The van der Waals surface area contributed by atoms with Gasteiger partial charge in [-0.15, -0.1) is 0 Å². The summed E-state index contributed by atoms with van der Waals surface area (Å²) < 4.78 is 9.13. The van der Waals surface area contributed by atoms with Crippen LogP contribution in [0.1, 0.15) is 91.6 Å². The Morgan fingerprint density at radius 2 is 1.56 bits per heavy atom. The maximum atomic E-state index is 6.85. The van der Waals surface area contributed by atoms with E-state index in [-0.39, 0.29) is 17.5 Å². The topological polar surface area (TPSA) is 42.6 Å². The molecule has 2 aromatic heterocycles. The Morgan fingerprint density at radius 3 is 2.37 bits per heavy atom. The van der Waals surface area contributed by atoms with Crippen molar-refractivity contribution in [1.82, 2.24) is 14.5 Å². The highest BCUT2D eigenvalue weighted by Gasteiger charge is 2.43. The van der Waals surface area contributed by atoms with Crippen molar-refractivity contribution in [3.63, 3.8) is 0 Å². The van der Waals surface area contributed by atoms with Crippen LogP contribution in [0.25, 0.3) is 27.6 Å². The quantitative estimate of drug-likeness (QED) is 0.176. The first-order valence-corrected chi connectivity index (χ1v) is 18.4. The van der Waals surface area contributed by atoms with Gasteiger partial charge in [-0.2, -0.15) is 0 Å². The molecule has 7 aromatic rings. The van der Waals surface area contributed by atoms with Gasteiger partial charge < -0.3 is 9.64 Å². The highest BCUT2D eigenvalue weighted by atomic mass is 16.5. The van der Waals surface area contributed by atoms with Gasteiger partial charge in [0, 0.05) is 35.1 Å². The minimum Gasteiger partial charge on any atom is -0.457 e. The molecule has 9 rings (SSSR count). The molecule has 0 radical (unpaired) electrons. The largest absolute Gasteiger partial charge is 0.457 e. The minimum atomic E-state index is 0.0190. The molecule has 2 atom stereocenters. The minimum absolute atomic E-state index is 0.0190. The van der Waals surface area contributed by atoms with Crippen LogP contribution < -0.4 is 4.74 Å². The summed E-state index contributed by atoms with van der Waals surface area (Å²) in [6.45, 7) is 14.2. The average molecular weight is 681 g/mol. The van der Waals surface area contributed by atoms with Gasteiger partial charge in [0.15, 0.2) is 0 Å². The number of benzene rings is 5. The van der Waals surface area contributed by atoms with Crippen molar-refractivity contribution in [3.05, 3.63) is 166 Å². The lowest BCUT2D eigenvalue weighted by atomic mass is 9.86. The molecule has 2 aliphatic rings. The first-order chi connectivity index (χ1) is 25.1. The third kappa shape index (κ3) is 5.47. The number of fused-ring (bicyclic) bond motifs is 6. The van der Waals surface area contributed by atoms with E-state index in [1.54, 1.807) is 0 Å². The Morgan fingerprint density at radius 1 is 0.769 bits per heavy atom. The van der Waals surface area contributed by atoms with Crippen LogP contribution in [0.4, 0.5) is 0 Å². The van der Waals surface area contributed by atoms with Crippen molar-refractivity contribution < 1.29 is 4.74 Å². The SMILES string of the molecule is Cc1cc(Oc2cc(C3=N[C@H](c4ccccc4)[C@@H]4c5ccccc5CN34)cc(C(C)C)c2)cc(-n2c3ccc(C(C)(C)C)cc3c3cccnc32)c1. The summed E-state index contributed by atoms with van der Waals surface area (Å²) in [5.41, 5.74) is 11.9. The lowest BCUT2D eigenvalue weighted by Gasteiger charge is -2.24. The summed E-state index contributed by atoms with van der Waals surface area (Å²) in [7, 11) is 0. The zero-order valence-corrected chi connectivity index (χ0v) is 30.8. The van der Waals surface area contributed by atoms with Crippen molar-refractivity contribution in [1.29, 1.82) is 0 Å². The molecule has 0 saturated carbocycles. The van der Waals surface area contributed by atoms with Gasteiger partial charge in [-0.05, 0) is 106 Å². The predicted octanol–water partition coefficient (Wildman–Crippen LogP) is 11.8. The van der Waals surface area contributed by atoms with Crippen LogP contribution in [0.15, 0.2) is 133 Å². The standard InChI is InChI=1S/C47H44N4O/c1-29(2)33-23-34(45-49-43(31-13-8-7-9-14-31)44-39-16-11-10-15-32(39)28-50(44)45)25-38(24-33)52-37-22-30(3)21-36(27-37)51-42-19-18-35(47(4,5)6)26-41(42)40-17-12-20-48-46(40)51/h7-27,29,43-44H,28H2,1-6H3/t43-,44+/m1/s1. The highest BCUT2D eigenvalue weighted by molar-refractivity contribution is 6.08. The van der Waals surface area contributed by atoms with E-state index in [1.807, 2.05) is 12.3 Å². The van der Waals surface area contributed by atoms with Gasteiger partial charge in [-0.25, -0.2) is 4.98 Å². The summed E-state index contributed by atoms with van der Waals surface area (Å²) in [6, 6.07) is 44.0. The Kier molecular flexibility index (Phi) is 7.58. The Labute approximate surface area is 306 Å². The van der Waals surface area contributed by atoms with Gasteiger partial charge >= 0.3 is 0 Å².